The molecule has 0 bridgehead atoms. The number of nitrogens with one attached hydrogen (secondary N) is 2. The number of hydrogen-bond acceptors (Lipinski definition) is 8. The number of benzene rings is 2. The largest absolute Gasteiger partial charge is 0.462 e. The van der Waals surface area contributed by atoms with Crippen molar-refractivity contribution in [1.82, 2.24) is 0 Å². The van der Waals surface area contributed by atoms with Crippen LogP contribution < -0.4 is 10.0 Å². The molecule has 1 aliphatic carbocycles. The molecule has 3 aromatic rings. The first kappa shape index (κ1) is 30.1. The highest BCUT2D eigenvalue weighted by molar-refractivity contribution is 7.92. The number of carbonyl (C=O) groups excluding carboxylic acids is 3. The Morgan fingerprint density at radius 3 is 2.56 bits per heavy atom. The molecule has 0 aliphatic heterocycles. The van der Waals surface area contributed by atoms with Crippen LogP contribution in [0.15, 0.2) is 47.4 Å². The highest BCUT2D eigenvalue weighted by atomic mass is 32.2. The molecule has 1 heterocycles. The van der Waals surface area contributed by atoms with Crippen LogP contribution in [-0.4, -0.2) is 39.0 Å². The van der Waals surface area contributed by atoms with Gasteiger partial charge in [0.05, 0.1) is 22.6 Å². The van der Waals surface area contributed by atoms with Gasteiger partial charge in [-0.1, -0.05) is 13.0 Å². The smallest absolute Gasteiger partial charge is 0.341 e. The summed E-state index contributed by atoms with van der Waals surface area (Å²) in [6, 6.07) is 7.39. The number of sulfonamides is 1. The number of fused-ring (bicyclic) bond motifs is 1. The molecule has 0 radical (unpaired) electrons. The summed E-state index contributed by atoms with van der Waals surface area (Å²) in [5, 5.41) is 3.04. The van der Waals surface area contributed by atoms with Gasteiger partial charge in [0.25, 0.3) is 15.9 Å². The number of rotatable bonds is 9. The Balaban J connectivity index is 1.46. The molecular weight excluding hydrogens is 578 g/mol. The Hall–Kier alpha value is -3.84. The average molecular weight is 607 g/mol. The summed E-state index contributed by atoms with van der Waals surface area (Å²) in [5.74, 6) is -4.18. The maximum atomic E-state index is 13.5. The van der Waals surface area contributed by atoms with E-state index in [0.29, 0.717) is 35.0 Å². The van der Waals surface area contributed by atoms with Crippen molar-refractivity contribution in [2.75, 3.05) is 16.6 Å². The predicted octanol–water partition coefficient (Wildman–Crippen LogP) is 5.31. The van der Waals surface area contributed by atoms with E-state index in [2.05, 4.69) is 17.0 Å². The molecule has 0 saturated heterocycles. The fourth-order valence-corrected chi connectivity index (χ4v) is 6.78. The number of anilines is 2. The second-order valence-corrected chi connectivity index (χ2v) is 12.4. The summed E-state index contributed by atoms with van der Waals surface area (Å²) in [7, 11) is -4.30. The molecule has 218 valence electrons. The second kappa shape index (κ2) is 12.4. The van der Waals surface area contributed by atoms with Gasteiger partial charge in [0, 0.05) is 10.6 Å². The zero-order chi connectivity index (χ0) is 29.9. The molecule has 2 aromatic carbocycles. The average Bonchev–Trinajstić information content (AvgIpc) is 3.26. The predicted molar refractivity (Wildman–Crippen MR) is 149 cm³/mol. The number of esters is 2. The van der Waals surface area contributed by atoms with Gasteiger partial charge in [0.2, 0.25) is 0 Å². The van der Waals surface area contributed by atoms with Gasteiger partial charge in [0.1, 0.15) is 5.00 Å². The minimum Gasteiger partial charge on any atom is -0.462 e. The minimum absolute atomic E-state index is 0.0428. The van der Waals surface area contributed by atoms with Crippen molar-refractivity contribution in [3.8, 4) is 0 Å². The molecule has 2 atom stereocenters. The molecule has 0 spiro atoms. The molecule has 0 unspecified atom stereocenters. The van der Waals surface area contributed by atoms with Gasteiger partial charge < -0.3 is 14.8 Å². The number of hydrogen-bond donors (Lipinski definition) is 2. The highest BCUT2D eigenvalue weighted by Crippen LogP contribution is 2.40. The molecule has 0 saturated carbocycles. The standard InChI is InChI=1S/C28H28F2N2O7S2/c1-4-38-28(35)24-20-10-8-15(2)12-23(20)40-26(24)31-25(33)16(3)39-27(34)17-6-5-7-18(13-17)32-41(36,37)19-9-11-21(29)22(30)14-19/h5-7,9,11,13-16,32H,4,8,10,12H2,1-3H3,(H,31,33)/t15-,16-/m1/s1. The number of thiophene rings is 1. The lowest BCUT2D eigenvalue weighted by molar-refractivity contribution is -0.123. The Morgan fingerprint density at radius 1 is 1.10 bits per heavy atom. The number of amides is 1. The molecular formula is C28H28F2N2O7S2. The summed E-state index contributed by atoms with van der Waals surface area (Å²) in [6.07, 6.45) is 1.12. The number of carbonyl (C=O) groups is 3. The molecule has 9 nitrogen and oxygen atoms in total. The normalized spacial score (nSPS) is 15.4. The maximum absolute atomic E-state index is 13.5. The Bertz CT molecular complexity index is 1600. The number of ether oxygens (including phenoxy) is 2. The third-order valence-corrected chi connectivity index (χ3v) is 8.98. The van der Waals surface area contributed by atoms with Crippen LogP contribution in [0.2, 0.25) is 0 Å². The van der Waals surface area contributed by atoms with Crippen molar-refractivity contribution in [2.24, 2.45) is 5.92 Å². The molecule has 4 rings (SSSR count). The van der Waals surface area contributed by atoms with Crippen molar-refractivity contribution < 1.29 is 41.1 Å². The van der Waals surface area contributed by atoms with Crippen LogP contribution >= 0.6 is 11.3 Å². The summed E-state index contributed by atoms with van der Waals surface area (Å²) in [5.41, 5.74) is 1.09. The van der Waals surface area contributed by atoms with Crippen molar-refractivity contribution in [3.05, 3.63) is 75.7 Å². The fraction of sp³-hybridized carbons (Fsp3) is 0.321. The van der Waals surface area contributed by atoms with Gasteiger partial charge in [0.15, 0.2) is 17.7 Å². The SMILES string of the molecule is CCOC(=O)c1c(NC(=O)[C@@H](C)OC(=O)c2cccc(NS(=O)(=O)c3ccc(F)c(F)c3)c2)sc2c1CC[C@@H](C)C2. The van der Waals surface area contributed by atoms with Crippen LogP contribution in [0.1, 0.15) is 58.3 Å². The van der Waals surface area contributed by atoms with E-state index in [1.165, 1.54) is 42.5 Å². The van der Waals surface area contributed by atoms with Crippen LogP contribution in [0.4, 0.5) is 19.5 Å². The molecule has 1 amide bonds. The molecule has 41 heavy (non-hydrogen) atoms. The van der Waals surface area contributed by atoms with Crippen LogP contribution in [0, 0.1) is 17.6 Å². The van der Waals surface area contributed by atoms with Crippen molar-refractivity contribution in [3.63, 3.8) is 0 Å². The van der Waals surface area contributed by atoms with E-state index in [4.69, 9.17) is 9.47 Å². The quantitative estimate of drug-likeness (QED) is 0.316. The van der Waals surface area contributed by atoms with Crippen molar-refractivity contribution >= 4 is 49.9 Å². The van der Waals surface area contributed by atoms with E-state index in [9.17, 15) is 31.6 Å². The summed E-state index contributed by atoms with van der Waals surface area (Å²) >= 11 is 1.31. The van der Waals surface area contributed by atoms with Gasteiger partial charge >= 0.3 is 11.9 Å². The molecule has 0 fully saturated rings. The minimum atomic E-state index is -4.30. The first-order valence-electron chi connectivity index (χ1n) is 12.8. The fourth-order valence-electron chi connectivity index (χ4n) is 4.32. The third-order valence-electron chi connectivity index (χ3n) is 6.43. The van der Waals surface area contributed by atoms with Crippen LogP contribution in [-0.2, 0) is 37.1 Å². The Morgan fingerprint density at radius 2 is 1.85 bits per heavy atom. The topological polar surface area (TPSA) is 128 Å². The first-order valence-corrected chi connectivity index (χ1v) is 15.1. The zero-order valence-electron chi connectivity index (χ0n) is 22.5. The zero-order valence-corrected chi connectivity index (χ0v) is 24.1. The van der Waals surface area contributed by atoms with Crippen molar-refractivity contribution in [2.45, 2.75) is 51.0 Å². The van der Waals surface area contributed by atoms with E-state index in [1.54, 1.807) is 6.92 Å². The van der Waals surface area contributed by atoms with E-state index in [0.717, 1.165) is 29.3 Å². The van der Waals surface area contributed by atoms with Crippen LogP contribution in [0.3, 0.4) is 0 Å². The molecule has 13 heteroatoms. The lowest BCUT2D eigenvalue weighted by atomic mass is 9.88. The highest BCUT2D eigenvalue weighted by Gasteiger charge is 2.30. The molecule has 2 N–H and O–H groups in total. The summed E-state index contributed by atoms with van der Waals surface area (Å²) in [6.45, 7) is 5.36. The lowest BCUT2D eigenvalue weighted by Gasteiger charge is -2.18. The lowest BCUT2D eigenvalue weighted by Crippen LogP contribution is -2.30. The van der Waals surface area contributed by atoms with E-state index < -0.39 is 50.5 Å². The maximum Gasteiger partial charge on any atom is 0.341 e. The van der Waals surface area contributed by atoms with Crippen molar-refractivity contribution in [1.29, 1.82) is 0 Å². The summed E-state index contributed by atoms with van der Waals surface area (Å²) in [4.78, 5) is 39.0. The van der Waals surface area contributed by atoms with Gasteiger partial charge in [-0.05, 0) is 81.0 Å². The van der Waals surface area contributed by atoms with Gasteiger partial charge in [-0.15, -0.1) is 11.3 Å². The number of halogens is 2. The Labute approximate surface area is 239 Å². The van der Waals surface area contributed by atoms with E-state index in [-0.39, 0.29) is 17.9 Å². The van der Waals surface area contributed by atoms with Gasteiger partial charge in [-0.2, -0.15) is 0 Å². The Kier molecular flexibility index (Phi) is 9.08. The van der Waals surface area contributed by atoms with E-state index >= 15 is 0 Å². The second-order valence-electron chi connectivity index (χ2n) is 9.58. The van der Waals surface area contributed by atoms with Crippen LogP contribution in [0.5, 0.6) is 0 Å². The first-order chi connectivity index (χ1) is 19.4. The summed E-state index contributed by atoms with van der Waals surface area (Å²) < 4.78 is 64.6. The van der Waals surface area contributed by atoms with Gasteiger partial charge in [-0.25, -0.2) is 26.8 Å². The van der Waals surface area contributed by atoms with Gasteiger partial charge in [-0.3, -0.25) is 9.52 Å². The molecule has 1 aromatic heterocycles. The third kappa shape index (κ3) is 6.91. The monoisotopic (exact) mass is 606 g/mol. The van der Waals surface area contributed by atoms with E-state index in [1.807, 2.05) is 0 Å². The van der Waals surface area contributed by atoms with Crippen LogP contribution in [0.25, 0.3) is 0 Å². The molecule has 1 aliphatic rings.